The minimum absolute atomic E-state index is 0.0611. The molecule has 3 heterocycles. The highest BCUT2D eigenvalue weighted by Gasteiger charge is 2.21. The van der Waals surface area contributed by atoms with Crippen LogP contribution in [0.3, 0.4) is 0 Å². The van der Waals surface area contributed by atoms with Gasteiger partial charge in [-0.1, -0.05) is 30.8 Å². The topological polar surface area (TPSA) is 78.9 Å². The van der Waals surface area contributed by atoms with Gasteiger partial charge in [0, 0.05) is 69.3 Å². The molecule has 9 heteroatoms. The van der Waals surface area contributed by atoms with E-state index in [0.717, 1.165) is 60.6 Å². The van der Waals surface area contributed by atoms with Gasteiger partial charge in [0.15, 0.2) is 5.16 Å². The lowest BCUT2D eigenvalue weighted by Gasteiger charge is -2.35. The molecule has 2 saturated heterocycles. The Morgan fingerprint density at radius 2 is 1.67 bits per heavy atom. The number of thioether (sulfide) groups is 1. The zero-order valence-corrected chi connectivity index (χ0v) is 20.1. The summed E-state index contributed by atoms with van der Waals surface area (Å²) >= 11 is 1.60. The molecular weight excluding hydrogens is 438 g/mol. The van der Waals surface area contributed by atoms with E-state index >= 15 is 0 Å². The number of hydrogen-bond acceptors (Lipinski definition) is 7. The molecule has 0 bridgehead atoms. The summed E-state index contributed by atoms with van der Waals surface area (Å²) in [6.45, 7) is 9.22. The zero-order valence-electron chi connectivity index (χ0n) is 19.3. The van der Waals surface area contributed by atoms with Crippen LogP contribution in [0.1, 0.15) is 35.5 Å². The Morgan fingerprint density at radius 1 is 0.970 bits per heavy atom. The van der Waals surface area contributed by atoms with Crippen LogP contribution < -0.4 is 4.90 Å². The van der Waals surface area contributed by atoms with Crippen molar-refractivity contribution in [2.45, 2.75) is 31.2 Å². The van der Waals surface area contributed by atoms with Gasteiger partial charge >= 0.3 is 0 Å². The fraction of sp³-hybridized carbons (Fsp3) is 0.500. The predicted octanol–water partition coefficient (Wildman–Crippen LogP) is 2.47. The number of morpholine rings is 1. The summed E-state index contributed by atoms with van der Waals surface area (Å²) in [5, 5.41) is 0.756. The van der Waals surface area contributed by atoms with Gasteiger partial charge in [-0.05, 0) is 24.1 Å². The van der Waals surface area contributed by atoms with Crippen LogP contribution in [0.2, 0.25) is 0 Å². The van der Waals surface area contributed by atoms with E-state index in [2.05, 4.69) is 17.9 Å². The molecule has 2 aromatic rings. The number of carbonyl (C=O) groups excluding carboxylic acids is 2. The van der Waals surface area contributed by atoms with Gasteiger partial charge in [-0.3, -0.25) is 9.59 Å². The Morgan fingerprint density at radius 3 is 2.30 bits per heavy atom. The van der Waals surface area contributed by atoms with E-state index in [1.165, 1.54) is 0 Å². The number of carbonyl (C=O) groups is 2. The van der Waals surface area contributed by atoms with Crippen molar-refractivity contribution in [3.63, 3.8) is 0 Å². The summed E-state index contributed by atoms with van der Waals surface area (Å²) in [6.07, 6.45) is 0.842. The number of benzene rings is 1. The third-order valence-corrected chi connectivity index (χ3v) is 6.94. The van der Waals surface area contributed by atoms with Gasteiger partial charge in [-0.2, -0.15) is 0 Å². The van der Waals surface area contributed by atoms with Gasteiger partial charge in [0.05, 0.1) is 13.2 Å². The molecule has 2 aliphatic rings. The average Bonchev–Trinajstić information content (AvgIpc) is 2.87. The van der Waals surface area contributed by atoms with Crippen molar-refractivity contribution >= 4 is 29.4 Å². The predicted molar refractivity (Wildman–Crippen MR) is 129 cm³/mol. The molecule has 0 radical (unpaired) electrons. The van der Waals surface area contributed by atoms with Gasteiger partial charge in [0.2, 0.25) is 5.91 Å². The SMILES string of the molecule is CCc1cc(N2CCN(C(C)=O)CC2)nc(SCc2ccc(C(=O)N3CCOCC3)cc2)n1. The monoisotopic (exact) mass is 469 g/mol. The first-order valence-electron chi connectivity index (χ1n) is 11.5. The lowest BCUT2D eigenvalue weighted by molar-refractivity contribution is -0.129. The van der Waals surface area contributed by atoms with Crippen molar-refractivity contribution in [1.29, 1.82) is 0 Å². The molecular formula is C24H31N5O3S. The maximum Gasteiger partial charge on any atom is 0.254 e. The van der Waals surface area contributed by atoms with E-state index < -0.39 is 0 Å². The third kappa shape index (κ3) is 6.03. The normalized spacial score (nSPS) is 16.7. The lowest BCUT2D eigenvalue weighted by Crippen LogP contribution is -2.48. The molecule has 2 fully saturated rings. The van der Waals surface area contributed by atoms with Crippen molar-refractivity contribution in [2.24, 2.45) is 0 Å². The van der Waals surface area contributed by atoms with Crippen LogP contribution in [0.25, 0.3) is 0 Å². The van der Waals surface area contributed by atoms with E-state index in [1.54, 1.807) is 18.7 Å². The number of nitrogens with zero attached hydrogens (tertiary/aromatic N) is 5. The molecule has 0 unspecified atom stereocenters. The quantitative estimate of drug-likeness (QED) is 0.475. The van der Waals surface area contributed by atoms with Crippen LogP contribution in [0.15, 0.2) is 35.5 Å². The standard InChI is InChI=1S/C24H31N5O3S/c1-3-21-16-22(28-10-8-27(9-11-28)18(2)30)26-24(25-21)33-17-19-4-6-20(7-5-19)23(31)29-12-14-32-15-13-29/h4-7,16H,3,8-15,17H2,1-2H3. The number of anilines is 1. The van der Waals surface area contributed by atoms with Gasteiger partial charge in [-0.25, -0.2) is 9.97 Å². The number of piperazine rings is 1. The van der Waals surface area contributed by atoms with Crippen molar-refractivity contribution in [3.05, 3.63) is 47.2 Å². The van der Waals surface area contributed by atoms with Crippen LogP contribution >= 0.6 is 11.8 Å². The molecule has 176 valence electrons. The molecule has 0 N–H and O–H groups in total. The maximum absolute atomic E-state index is 12.6. The van der Waals surface area contributed by atoms with Crippen molar-refractivity contribution in [3.8, 4) is 0 Å². The van der Waals surface area contributed by atoms with Crippen molar-refractivity contribution in [1.82, 2.24) is 19.8 Å². The Bertz CT molecular complexity index is 971. The highest BCUT2D eigenvalue weighted by Crippen LogP contribution is 2.24. The molecule has 2 aliphatic heterocycles. The highest BCUT2D eigenvalue weighted by atomic mass is 32.2. The molecule has 4 rings (SSSR count). The number of rotatable bonds is 6. The van der Waals surface area contributed by atoms with E-state index in [-0.39, 0.29) is 11.8 Å². The van der Waals surface area contributed by atoms with E-state index in [4.69, 9.17) is 14.7 Å². The Kier molecular flexibility index (Phi) is 7.82. The molecule has 0 spiro atoms. The fourth-order valence-corrected chi connectivity index (χ4v) is 4.79. The number of amides is 2. The Balaban J connectivity index is 1.38. The summed E-state index contributed by atoms with van der Waals surface area (Å²) in [4.78, 5) is 39.7. The number of hydrogen-bond donors (Lipinski definition) is 0. The molecule has 0 saturated carbocycles. The van der Waals surface area contributed by atoms with Crippen LogP contribution in [0.5, 0.6) is 0 Å². The van der Waals surface area contributed by atoms with Gasteiger partial charge < -0.3 is 19.4 Å². The molecule has 1 aromatic heterocycles. The van der Waals surface area contributed by atoms with E-state index in [9.17, 15) is 9.59 Å². The lowest BCUT2D eigenvalue weighted by atomic mass is 10.1. The smallest absolute Gasteiger partial charge is 0.254 e. The minimum Gasteiger partial charge on any atom is -0.378 e. The Labute approximate surface area is 199 Å². The summed E-state index contributed by atoms with van der Waals surface area (Å²) in [5.74, 6) is 1.85. The fourth-order valence-electron chi connectivity index (χ4n) is 3.96. The van der Waals surface area contributed by atoms with Gasteiger partial charge in [-0.15, -0.1) is 0 Å². The summed E-state index contributed by atoms with van der Waals surface area (Å²) in [6, 6.07) is 9.87. The van der Waals surface area contributed by atoms with Crippen molar-refractivity contribution < 1.29 is 14.3 Å². The summed E-state index contributed by atoms with van der Waals surface area (Å²) in [7, 11) is 0. The van der Waals surface area contributed by atoms with Crippen LogP contribution in [-0.2, 0) is 21.7 Å². The second kappa shape index (κ2) is 11.0. The molecule has 33 heavy (non-hydrogen) atoms. The Hall–Kier alpha value is -2.65. The molecule has 8 nitrogen and oxygen atoms in total. The first-order chi connectivity index (χ1) is 16.0. The van der Waals surface area contributed by atoms with Gasteiger partial charge in [0.25, 0.3) is 5.91 Å². The van der Waals surface area contributed by atoms with E-state index in [1.807, 2.05) is 34.1 Å². The minimum atomic E-state index is 0.0611. The van der Waals surface area contributed by atoms with E-state index in [0.29, 0.717) is 31.9 Å². The number of aromatic nitrogens is 2. The van der Waals surface area contributed by atoms with Gasteiger partial charge in [0.1, 0.15) is 5.82 Å². The van der Waals surface area contributed by atoms with Crippen LogP contribution in [-0.4, -0.2) is 84.1 Å². The first kappa shape index (κ1) is 23.5. The van der Waals surface area contributed by atoms with Crippen LogP contribution in [0.4, 0.5) is 5.82 Å². The van der Waals surface area contributed by atoms with Crippen molar-refractivity contribution in [2.75, 3.05) is 57.4 Å². The molecule has 2 amide bonds. The summed E-state index contributed by atoms with van der Waals surface area (Å²) < 4.78 is 5.33. The number of aryl methyl sites for hydroxylation is 1. The maximum atomic E-state index is 12.6. The highest BCUT2D eigenvalue weighted by molar-refractivity contribution is 7.98. The summed E-state index contributed by atoms with van der Waals surface area (Å²) in [5.41, 5.74) is 2.85. The third-order valence-electron chi connectivity index (χ3n) is 6.02. The largest absolute Gasteiger partial charge is 0.378 e. The molecule has 0 atom stereocenters. The number of ether oxygens (including phenoxy) is 1. The molecule has 1 aromatic carbocycles. The molecule has 0 aliphatic carbocycles. The average molecular weight is 470 g/mol. The van der Waals surface area contributed by atoms with Crippen LogP contribution in [0, 0.1) is 0 Å². The zero-order chi connectivity index (χ0) is 23.2. The second-order valence-corrected chi connectivity index (χ2v) is 9.18. The first-order valence-corrected chi connectivity index (χ1v) is 12.5. The second-order valence-electron chi connectivity index (χ2n) is 8.24.